The fraction of sp³-hybridized carbons (Fsp3) is 0.429. The van der Waals surface area contributed by atoms with E-state index in [0.29, 0.717) is 24.5 Å². The van der Waals surface area contributed by atoms with Crippen LogP contribution in [0, 0.1) is 0 Å². The van der Waals surface area contributed by atoms with Crippen LogP contribution in [0.1, 0.15) is 36.2 Å². The molecule has 4 heteroatoms. The minimum atomic E-state index is 0.0383. The first-order valence-electron chi connectivity index (χ1n) is 6.25. The molecule has 18 heavy (non-hydrogen) atoms. The summed E-state index contributed by atoms with van der Waals surface area (Å²) < 4.78 is 0. The number of amides is 1. The average Bonchev–Trinajstić information content (AvgIpc) is 2.39. The van der Waals surface area contributed by atoms with Gasteiger partial charge < -0.3 is 10.6 Å². The van der Waals surface area contributed by atoms with Gasteiger partial charge in [-0.1, -0.05) is 31.3 Å². The van der Waals surface area contributed by atoms with E-state index in [1.165, 1.54) is 5.56 Å². The molecule has 0 saturated carbocycles. The zero-order valence-corrected chi connectivity index (χ0v) is 11.8. The number of nitrogens with zero attached hydrogens (tertiary/aromatic N) is 1. The molecule has 1 aromatic rings. The van der Waals surface area contributed by atoms with Crippen molar-refractivity contribution in [1.29, 1.82) is 0 Å². The number of carbonyl (C=O) groups is 1. The molecule has 2 N–H and O–H groups in total. The van der Waals surface area contributed by atoms with Gasteiger partial charge in [0.15, 0.2) is 0 Å². The van der Waals surface area contributed by atoms with Crippen LogP contribution in [0.3, 0.4) is 0 Å². The van der Waals surface area contributed by atoms with Crippen LogP contribution in [0.25, 0.3) is 0 Å². The van der Waals surface area contributed by atoms with Crippen LogP contribution in [0.4, 0.5) is 0 Å². The summed E-state index contributed by atoms with van der Waals surface area (Å²) in [5.41, 5.74) is 7.42. The maximum atomic E-state index is 12.2. The van der Waals surface area contributed by atoms with Gasteiger partial charge in [0.05, 0.1) is 4.99 Å². The molecule has 0 saturated heterocycles. The quantitative estimate of drug-likeness (QED) is 0.802. The Morgan fingerprint density at radius 2 is 1.89 bits per heavy atom. The zero-order chi connectivity index (χ0) is 13.5. The molecule has 0 aliphatic carbocycles. The number of benzene rings is 1. The molecular formula is C14H20N2OS. The molecule has 0 atom stereocenters. The minimum Gasteiger partial charge on any atom is -0.393 e. The molecule has 0 radical (unpaired) electrons. The van der Waals surface area contributed by atoms with E-state index in [-0.39, 0.29) is 5.91 Å². The number of hydrogen-bond donors (Lipinski definition) is 1. The lowest BCUT2D eigenvalue weighted by molar-refractivity contribution is 0.0769. The van der Waals surface area contributed by atoms with E-state index in [1.54, 1.807) is 4.90 Å². The maximum Gasteiger partial charge on any atom is 0.253 e. The van der Waals surface area contributed by atoms with Crippen LogP contribution in [0.5, 0.6) is 0 Å². The van der Waals surface area contributed by atoms with E-state index in [0.717, 1.165) is 12.0 Å². The van der Waals surface area contributed by atoms with Gasteiger partial charge in [-0.25, -0.2) is 0 Å². The topological polar surface area (TPSA) is 46.3 Å². The Labute approximate surface area is 114 Å². The van der Waals surface area contributed by atoms with Crippen LogP contribution in [-0.2, 0) is 6.42 Å². The third kappa shape index (κ3) is 4.11. The third-order valence-corrected chi connectivity index (χ3v) is 3.11. The molecule has 0 fully saturated rings. The normalized spacial score (nSPS) is 10.1. The number of nitrogens with two attached hydrogens (primary N) is 1. The van der Waals surface area contributed by atoms with E-state index in [4.69, 9.17) is 18.0 Å². The Morgan fingerprint density at radius 3 is 2.33 bits per heavy atom. The Kier molecular flexibility index (Phi) is 5.78. The largest absolute Gasteiger partial charge is 0.393 e. The van der Waals surface area contributed by atoms with E-state index in [9.17, 15) is 4.79 Å². The molecular weight excluding hydrogens is 244 g/mol. The molecule has 1 aromatic carbocycles. The molecule has 1 amide bonds. The van der Waals surface area contributed by atoms with Gasteiger partial charge in [-0.3, -0.25) is 4.79 Å². The highest BCUT2D eigenvalue weighted by Crippen LogP contribution is 2.08. The summed E-state index contributed by atoms with van der Waals surface area (Å²) in [5.74, 6) is 0.0383. The summed E-state index contributed by atoms with van der Waals surface area (Å²) in [7, 11) is 0. The van der Waals surface area contributed by atoms with Crippen molar-refractivity contribution >= 4 is 23.1 Å². The zero-order valence-electron chi connectivity index (χ0n) is 11.0. The predicted octanol–water partition coefficient (Wildman–Crippen LogP) is 2.39. The number of hydrogen-bond acceptors (Lipinski definition) is 2. The van der Waals surface area contributed by atoms with Crippen molar-refractivity contribution in [2.24, 2.45) is 5.73 Å². The van der Waals surface area contributed by atoms with Gasteiger partial charge in [-0.2, -0.15) is 0 Å². The molecule has 1 rings (SSSR count). The highest BCUT2D eigenvalue weighted by molar-refractivity contribution is 7.80. The molecule has 98 valence electrons. The van der Waals surface area contributed by atoms with Crippen molar-refractivity contribution in [3.63, 3.8) is 0 Å². The molecule has 0 unspecified atom stereocenters. The second kappa shape index (κ2) is 7.11. The Bertz CT molecular complexity index is 414. The van der Waals surface area contributed by atoms with Gasteiger partial charge in [-0.15, -0.1) is 0 Å². The van der Waals surface area contributed by atoms with E-state index in [1.807, 2.05) is 31.2 Å². The predicted molar refractivity (Wildman–Crippen MR) is 78.8 cm³/mol. The standard InChI is InChI=1S/C14H20N2OS/c1-3-11-5-7-12(8-6-11)14(17)16(4-2)10-9-13(15)18/h5-8H,3-4,9-10H2,1-2H3,(H2,15,18). The first-order valence-corrected chi connectivity index (χ1v) is 6.65. The molecule has 0 bridgehead atoms. The van der Waals surface area contributed by atoms with E-state index in [2.05, 4.69) is 6.92 Å². The van der Waals surface area contributed by atoms with Crippen molar-refractivity contribution < 1.29 is 4.79 Å². The molecule has 0 spiro atoms. The summed E-state index contributed by atoms with van der Waals surface area (Å²) in [5, 5.41) is 0. The van der Waals surface area contributed by atoms with Gasteiger partial charge in [0.25, 0.3) is 5.91 Å². The second-order valence-corrected chi connectivity index (χ2v) is 4.68. The van der Waals surface area contributed by atoms with Crippen LogP contribution in [0.15, 0.2) is 24.3 Å². The summed E-state index contributed by atoms with van der Waals surface area (Å²) in [6.07, 6.45) is 1.55. The molecule has 0 aliphatic heterocycles. The highest BCUT2D eigenvalue weighted by Gasteiger charge is 2.13. The highest BCUT2D eigenvalue weighted by atomic mass is 32.1. The Morgan fingerprint density at radius 1 is 1.28 bits per heavy atom. The van der Waals surface area contributed by atoms with Crippen molar-refractivity contribution in [3.8, 4) is 0 Å². The lowest BCUT2D eigenvalue weighted by Crippen LogP contribution is -2.33. The van der Waals surface area contributed by atoms with Crippen LogP contribution in [0.2, 0.25) is 0 Å². The molecule has 3 nitrogen and oxygen atoms in total. The Balaban J connectivity index is 2.72. The second-order valence-electron chi connectivity index (χ2n) is 4.15. The summed E-state index contributed by atoms with van der Waals surface area (Å²) in [4.78, 5) is 14.4. The molecule has 0 aromatic heterocycles. The van der Waals surface area contributed by atoms with Gasteiger partial charge >= 0.3 is 0 Å². The van der Waals surface area contributed by atoms with Crippen molar-refractivity contribution in [2.75, 3.05) is 13.1 Å². The summed E-state index contributed by atoms with van der Waals surface area (Å²) in [6.45, 7) is 5.30. The first kappa shape index (κ1) is 14.6. The number of aryl methyl sites for hydroxylation is 1. The maximum absolute atomic E-state index is 12.2. The van der Waals surface area contributed by atoms with Crippen LogP contribution in [-0.4, -0.2) is 28.9 Å². The Hall–Kier alpha value is -1.42. The average molecular weight is 264 g/mol. The van der Waals surface area contributed by atoms with Crippen molar-refractivity contribution in [1.82, 2.24) is 4.90 Å². The monoisotopic (exact) mass is 264 g/mol. The van der Waals surface area contributed by atoms with Crippen LogP contribution < -0.4 is 5.73 Å². The van der Waals surface area contributed by atoms with E-state index < -0.39 is 0 Å². The molecule has 0 heterocycles. The number of carbonyl (C=O) groups excluding carboxylic acids is 1. The van der Waals surface area contributed by atoms with Crippen LogP contribution >= 0.6 is 12.2 Å². The van der Waals surface area contributed by atoms with Crippen molar-refractivity contribution in [2.45, 2.75) is 26.7 Å². The smallest absolute Gasteiger partial charge is 0.253 e. The van der Waals surface area contributed by atoms with Gasteiger partial charge in [-0.05, 0) is 31.0 Å². The minimum absolute atomic E-state index is 0.0383. The fourth-order valence-corrected chi connectivity index (χ4v) is 1.81. The lowest BCUT2D eigenvalue weighted by Gasteiger charge is -2.20. The van der Waals surface area contributed by atoms with Gasteiger partial charge in [0, 0.05) is 25.1 Å². The first-order chi connectivity index (χ1) is 8.58. The SMILES string of the molecule is CCc1ccc(C(=O)N(CC)CCC(N)=S)cc1. The molecule has 0 aliphatic rings. The van der Waals surface area contributed by atoms with Gasteiger partial charge in [0.2, 0.25) is 0 Å². The number of rotatable bonds is 6. The third-order valence-electron chi connectivity index (χ3n) is 2.91. The number of thiocarbonyl (C=S) groups is 1. The van der Waals surface area contributed by atoms with Crippen molar-refractivity contribution in [3.05, 3.63) is 35.4 Å². The van der Waals surface area contributed by atoms with E-state index >= 15 is 0 Å². The lowest BCUT2D eigenvalue weighted by atomic mass is 10.1. The summed E-state index contributed by atoms with van der Waals surface area (Å²) >= 11 is 4.84. The fourth-order valence-electron chi connectivity index (χ4n) is 1.71. The summed E-state index contributed by atoms with van der Waals surface area (Å²) in [6, 6.07) is 7.75. The van der Waals surface area contributed by atoms with Gasteiger partial charge in [0.1, 0.15) is 0 Å².